The van der Waals surface area contributed by atoms with Crippen LogP contribution in [0.4, 0.5) is 0 Å². The highest BCUT2D eigenvalue weighted by atomic mass is 127. The summed E-state index contributed by atoms with van der Waals surface area (Å²) in [5, 5.41) is 3.86. The fraction of sp³-hybridized carbons (Fsp3) is 0.143. The second-order valence-corrected chi connectivity index (χ2v) is 3.62. The lowest BCUT2D eigenvalue weighted by molar-refractivity contribution is -0.121. The van der Waals surface area contributed by atoms with Gasteiger partial charge in [-0.05, 0) is 34.7 Å². The summed E-state index contributed by atoms with van der Waals surface area (Å²) in [7, 11) is 0. The van der Waals surface area contributed by atoms with Crippen molar-refractivity contribution >= 4 is 34.2 Å². The lowest BCUT2D eigenvalue weighted by Gasteiger charge is -2.05. The molecule has 11 heavy (non-hydrogen) atoms. The van der Waals surface area contributed by atoms with E-state index in [4.69, 9.17) is 0 Å². The zero-order valence-electron chi connectivity index (χ0n) is 5.54. The van der Waals surface area contributed by atoms with Gasteiger partial charge in [0.25, 0.3) is 5.91 Å². The van der Waals surface area contributed by atoms with Crippen LogP contribution in [-0.2, 0) is 4.79 Å². The van der Waals surface area contributed by atoms with Gasteiger partial charge in [-0.3, -0.25) is 4.79 Å². The van der Waals surface area contributed by atoms with E-state index in [2.05, 4.69) is 33.1 Å². The van der Waals surface area contributed by atoms with Crippen LogP contribution in [0.2, 0.25) is 0 Å². The normalized spacial score (nSPS) is 27.4. The Morgan fingerprint density at radius 2 is 2.36 bits per heavy atom. The number of amides is 1. The van der Waals surface area contributed by atoms with Gasteiger partial charge in [0.05, 0.1) is 5.71 Å². The summed E-state index contributed by atoms with van der Waals surface area (Å²) >= 11 is 2.18. The summed E-state index contributed by atoms with van der Waals surface area (Å²) < 4.78 is 1.09. The summed E-state index contributed by atoms with van der Waals surface area (Å²) in [6.07, 6.45) is 5.71. The highest BCUT2D eigenvalue weighted by Crippen LogP contribution is 2.21. The Hall–Kier alpha value is -0.650. The average molecular weight is 260 g/mol. The fourth-order valence-electron chi connectivity index (χ4n) is 1.07. The molecule has 0 aromatic carbocycles. The minimum absolute atomic E-state index is 0.0292. The van der Waals surface area contributed by atoms with Crippen molar-refractivity contribution in [3.8, 4) is 0 Å². The average Bonchev–Trinajstić information content (AvgIpc) is 2.33. The standard InChI is InChI=1S/C7H5IN2O/c8-4-1-2-6-5(3-4)7(11)10-9-6/h1-3,5H,(H,10,11). The predicted molar refractivity (Wildman–Crippen MR) is 50.3 cm³/mol. The SMILES string of the molecule is O=C1NN=C2C=CC(I)=CC12. The van der Waals surface area contributed by atoms with Gasteiger partial charge in [-0.25, -0.2) is 5.43 Å². The molecule has 0 bridgehead atoms. The Morgan fingerprint density at radius 1 is 1.55 bits per heavy atom. The molecule has 0 fully saturated rings. The maximum Gasteiger partial charge on any atom is 0.253 e. The van der Waals surface area contributed by atoms with Gasteiger partial charge in [0.2, 0.25) is 0 Å². The van der Waals surface area contributed by atoms with Gasteiger partial charge in [0, 0.05) is 3.58 Å². The lowest BCUT2D eigenvalue weighted by Crippen LogP contribution is -2.21. The maximum absolute atomic E-state index is 11.0. The molecular weight excluding hydrogens is 255 g/mol. The summed E-state index contributed by atoms with van der Waals surface area (Å²) in [5.41, 5.74) is 3.25. The smallest absolute Gasteiger partial charge is 0.253 e. The minimum Gasteiger partial charge on any atom is -0.272 e. The van der Waals surface area contributed by atoms with E-state index in [0.29, 0.717) is 0 Å². The van der Waals surface area contributed by atoms with Gasteiger partial charge in [-0.1, -0.05) is 6.08 Å². The molecule has 56 valence electrons. The van der Waals surface area contributed by atoms with E-state index >= 15 is 0 Å². The lowest BCUT2D eigenvalue weighted by atomic mass is 9.99. The second kappa shape index (κ2) is 2.44. The molecule has 2 aliphatic rings. The zero-order valence-corrected chi connectivity index (χ0v) is 7.70. The van der Waals surface area contributed by atoms with Crippen molar-refractivity contribution in [1.82, 2.24) is 5.43 Å². The second-order valence-electron chi connectivity index (χ2n) is 2.38. The quantitative estimate of drug-likeness (QED) is 0.648. The molecule has 0 aromatic rings. The predicted octanol–water partition coefficient (Wildman–Crippen LogP) is 0.977. The fourth-order valence-corrected chi connectivity index (χ4v) is 1.61. The van der Waals surface area contributed by atoms with Crippen molar-refractivity contribution in [2.45, 2.75) is 0 Å². The molecule has 0 saturated heterocycles. The van der Waals surface area contributed by atoms with Gasteiger partial charge in [0.1, 0.15) is 5.92 Å². The Bertz CT molecular complexity index is 304. The van der Waals surface area contributed by atoms with Crippen molar-refractivity contribution < 1.29 is 4.79 Å². The number of hydrogen-bond donors (Lipinski definition) is 1. The van der Waals surface area contributed by atoms with E-state index in [1.54, 1.807) is 0 Å². The van der Waals surface area contributed by atoms with Crippen LogP contribution in [0.15, 0.2) is 26.9 Å². The number of allylic oxidation sites excluding steroid dienone is 3. The van der Waals surface area contributed by atoms with E-state index in [1.807, 2.05) is 18.2 Å². The van der Waals surface area contributed by atoms with E-state index in [1.165, 1.54) is 0 Å². The molecule has 0 aromatic heterocycles. The van der Waals surface area contributed by atoms with E-state index < -0.39 is 0 Å². The number of carbonyl (C=O) groups is 1. The molecule has 0 saturated carbocycles. The zero-order chi connectivity index (χ0) is 7.84. The van der Waals surface area contributed by atoms with Crippen molar-refractivity contribution in [3.63, 3.8) is 0 Å². The van der Waals surface area contributed by atoms with Crippen LogP contribution in [0, 0.1) is 5.92 Å². The molecule has 1 atom stereocenters. The number of hydrogen-bond acceptors (Lipinski definition) is 2. The van der Waals surface area contributed by atoms with Crippen molar-refractivity contribution in [1.29, 1.82) is 0 Å². The molecule has 0 spiro atoms. The minimum atomic E-state index is -0.146. The summed E-state index contributed by atoms with van der Waals surface area (Å²) in [6, 6.07) is 0. The molecule has 4 heteroatoms. The van der Waals surface area contributed by atoms with Crippen LogP contribution < -0.4 is 5.43 Å². The van der Waals surface area contributed by atoms with Gasteiger partial charge < -0.3 is 0 Å². The van der Waals surface area contributed by atoms with Crippen LogP contribution in [0.1, 0.15) is 0 Å². The Labute approximate surface area is 77.4 Å². The third-order valence-electron chi connectivity index (χ3n) is 1.64. The maximum atomic E-state index is 11.0. The van der Waals surface area contributed by atoms with Gasteiger partial charge in [-0.2, -0.15) is 5.10 Å². The first-order valence-corrected chi connectivity index (χ1v) is 4.28. The largest absolute Gasteiger partial charge is 0.272 e. The Morgan fingerprint density at radius 3 is 3.18 bits per heavy atom. The molecule has 1 N–H and O–H groups in total. The molecule has 1 aliphatic heterocycles. The number of nitrogens with zero attached hydrogens (tertiary/aromatic N) is 1. The van der Waals surface area contributed by atoms with Crippen LogP contribution in [-0.4, -0.2) is 11.6 Å². The summed E-state index contributed by atoms with van der Waals surface area (Å²) in [6.45, 7) is 0. The number of halogens is 1. The number of fused-ring (bicyclic) bond motifs is 1. The van der Waals surface area contributed by atoms with Crippen molar-refractivity contribution in [3.05, 3.63) is 21.8 Å². The number of hydrazone groups is 1. The third-order valence-corrected chi connectivity index (χ3v) is 2.35. The van der Waals surface area contributed by atoms with Gasteiger partial charge >= 0.3 is 0 Å². The van der Waals surface area contributed by atoms with Crippen LogP contribution in [0.3, 0.4) is 0 Å². The van der Waals surface area contributed by atoms with Crippen LogP contribution >= 0.6 is 22.6 Å². The monoisotopic (exact) mass is 260 g/mol. The van der Waals surface area contributed by atoms with Crippen LogP contribution in [0.25, 0.3) is 0 Å². The molecule has 1 heterocycles. The first kappa shape index (κ1) is 7.02. The molecular formula is C7H5IN2O. The highest BCUT2D eigenvalue weighted by molar-refractivity contribution is 14.1. The third kappa shape index (κ3) is 1.11. The van der Waals surface area contributed by atoms with Crippen molar-refractivity contribution in [2.75, 3.05) is 0 Å². The first-order chi connectivity index (χ1) is 5.27. The van der Waals surface area contributed by atoms with Crippen LogP contribution in [0.5, 0.6) is 0 Å². The molecule has 0 radical (unpaired) electrons. The van der Waals surface area contributed by atoms with E-state index in [9.17, 15) is 4.79 Å². The van der Waals surface area contributed by atoms with Crippen molar-refractivity contribution in [2.24, 2.45) is 11.0 Å². The summed E-state index contributed by atoms with van der Waals surface area (Å²) in [4.78, 5) is 11.0. The van der Waals surface area contributed by atoms with E-state index in [0.717, 1.165) is 9.29 Å². The molecule has 1 amide bonds. The van der Waals surface area contributed by atoms with Gasteiger partial charge in [0.15, 0.2) is 0 Å². The van der Waals surface area contributed by atoms with E-state index in [-0.39, 0.29) is 11.8 Å². The Kier molecular flexibility index (Phi) is 1.56. The first-order valence-electron chi connectivity index (χ1n) is 3.20. The molecule has 1 unspecified atom stereocenters. The molecule has 3 nitrogen and oxygen atoms in total. The topological polar surface area (TPSA) is 41.5 Å². The molecule has 2 rings (SSSR count). The molecule has 1 aliphatic carbocycles. The highest BCUT2D eigenvalue weighted by Gasteiger charge is 2.27. The van der Waals surface area contributed by atoms with Gasteiger partial charge in [-0.15, -0.1) is 0 Å². The summed E-state index contributed by atoms with van der Waals surface area (Å²) in [5.74, 6) is -0.176. The Balaban J connectivity index is 2.39. The number of nitrogens with one attached hydrogen (secondary N) is 1. The number of rotatable bonds is 0. The number of carbonyl (C=O) groups excluding carboxylic acids is 1.